The highest BCUT2D eigenvalue weighted by Gasteiger charge is 2.10. The third-order valence-electron chi connectivity index (χ3n) is 2.36. The van der Waals surface area contributed by atoms with E-state index >= 15 is 0 Å². The molecule has 0 unspecified atom stereocenters. The Hall–Kier alpha value is -2.30. The van der Waals surface area contributed by atoms with Gasteiger partial charge in [-0.15, -0.1) is 0 Å². The van der Waals surface area contributed by atoms with Gasteiger partial charge in [0.2, 0.25) is 0 Å². The van der Waals surface area contributed by atoms with Crippen LogP contribution in [0.5, 0.6) is 0 Å². The van der Waals surface area contributed by atoms with E-state index in [2.05, 4.69) is 10.3 Å². The van der Waals surface area contributed by atoms with Crippen molar-refractivity contribution in [2.24, 2.45) is 0 Å². The molecule has 0 saturated heterocycles. The molecule has 0 aliphatic carbocycles. The van der Waals surface area contributed by atoms with Crippen LogP contribution in [0.15, 0.2) is 36.5 Å². The van der Waals surface area contributed by atoms with Crippen molar-refractivity contribution in [3.8, 4) is 0 Å². The van der Waals surface area contributed by atoms with Crippen LogP contribution in [0.25, 0.3) is 0 Å². The third-order valence-corrected chi connectivity index (χ3v) is 2.36. The lowest BCUT2D eigenvalue weighted by molar-refractivity contribution is 0.0951. The topological polar surface area (TPSA) is 70.9 Å². The second-order valence-electron chi connectivity index (χ2n) is 3.61. The summed E-state index contributed by atoms with van der Waals surface area (Å²) in [6, 6.07) is 7.39. The molecule has 2 rings (SSSR count). The summed E-state index contributed by atoms with van der Waals surface area (Å²) in [6.07, 6.45) is 1.76. The SMILES string of the molecule is Nc1ccc(F)cc1C(=O)NCc1ccc[nH]1. The Balaban J connectivity index is 2.07. The van der Waals surface area contributed by atoms with Crippen molar-refractivity contribution in [3.05, 3.63) is 53.6 Å². The van der Waals surface area contributed by atoms with E-state index in [1.807, 2.05) is 12.1 Å². The van der Waals surface area contributed by atoms with E-state index in [1.165, 1.54) is 12.1 Å². The summed E-state index contributed by atoms with van der Waals surface area (Å²) in [7, 11) is 0. The van der Waals surface area contributed by atoms with Crippen LogP contribution in [-0.2, 0) is 6.54 Å². The quantitative estimate of drug-likeness (QED) is 0.705. The number of carbonyl (C=O) groups excluding carboxylic acids is 1. The molecule has 17 heavy (non-hydrogen) atoms. The zero-order chi connectivity index (χ0) is 12.3. The van der Waals surface area contributed by atoms with Crippen LogP contribution in [0.3, 0.4) is 0 Å². The van der Waals surface area contributed by atoms with Gasteiger partial charge in [0.15, 0.2) is 0 Å². The van der Waals surface area contributed by atoms with Gasteiger partial charge in [-0.2, -0.15) is 0 Å². The maximum Gasteiger partial charge on any atom is 0.253 e. The highest BCUT2D eigenvalue weighted by atomic mass is 19.1. The smallest absolute Gasteiger partial charge is 0.253 e. The lowest BCUT2D eigenvalue weighted by Gasteiger charge is -2.06. The second kappa shape index (κ2) is 4.69. The lowest BCUT2D eigenvalue weighted by Crippen LogP contribution is -2.24. The van der Waals surface area contributed by atoms with Crippen LogP contribution >= 0.6 is 0 Å². The summed E-state index contributed by atoms with van der Waals surface area (Å²) in [4.78, 5) is 14.7. The Morgan fingerprint density at radius 3 is 2.94 bits per heavy atom. The molecule has 0 spiro atoms. The van der Waals surface area contributed by atoms with Gasteiger partial charge in [-0.3, -0.25) is 4.79 Å². The predicted octanol–water partition coefficient (Wildman–Crippen LogP) is 1.67. The molecule has 0 saturated carbocycles. The van der Waals surface area contributed by atoms with Gasteiger partial charge in [-0.1, -0.05) is 0 Å². The fourth-order valence-corrected chi connectivity index (χ4v) is 1.47. The third kappa shape index (κ3) is 2.63. The fourth-order valence-electron chi connectivity index (χ4n) is 1.47. The van der Waals surface area contributed by atoms with Crippen molar-refractivity contribution in [3.63, 3.8) is 0 Å². The van der Waals surface area contributed by atoms with Crippen LogP contribution in [0.1, 0.15) is 16.1 Å². The van der Waals surface area contributed by atoms with Crippen LogP contribution in [0, 0.1) is 5.82 Å². The predicted molar refractivity (Wildman–Crippen MR) is 62.8 cm³/mol. The number of aromatic nitrogens is 1. The highest BCUT2D eigenvalue weighted by Crippen LogP contribution is 2.13. The molecule has 1 aromatic carbocycles. The molecule has 5 heteroatoms. The molecular weight excluding hydrogens is 221 g/mol. The molecule has 4 nitrogen and oxygen atoms in total. The normalized spacial score (nSPS) is 10.2. The number of benzene rings is 1. The van der Waals surface area contributed by atoms with Crippen LogP contribution < -0.4 is 11.1 Å². The second-order valence-corrected chi connectivity index (χ2v) is 3.61. The molecule has 88 valence electrons. The maximum absolute atomic E-state index is 13.0. The van der Waals surface area contributed by atoms with Crippen molar-refractivity contribution in [2.75, 3.05) is 5.73 Å². The monoisotopic (exact) mass is 233 g/mol. The number of rotatable bonds is 3. The molecule has 0 aliphatic rings. The number of hydrogen-bond donors (Lipinski definition) is 3. The van der Waals surface area contributed by atoms with Gasteiger partial charge in [0.05, 0.1) is 12.1 Å². The maximum atomic E-state index is 13.0. The molecular formula is C12H12FN3O. The number of halogens is 1. The van der Waals surface area contributed by atoms with Gasteiger partial charge in [0, 0.05) is 17.6 Å². The Morgan fingerprint density at radius 2 is 2.24 bits per heavy atom. The van der Waals surface area contributed by atoms with E-state index in [1.54, 1.807) is 6.20 Å². The van der Waals surface area contributed by atoms with Crippen molar-refractivity contribution in [1.29, 1.82) is 0 Å². The van der Waals surface area contributed by atoms with Gasteiger partial charge in [0.1, 0.15) is 5.82 Å². The first-order chi connectivity index (χ1) is 8.16. The number of amides is 1. The Labute approximate surface area is 97.6 Å². The Kier molecular flexibility index (Phi) is 3.09. The number of nitrogens with two attached hydrogens (primary N) is 1. The molecule has 0 aliphatic heterocycles. The van der Waals surface area contributed by atoms with Gasteiger partial charge in [-0.05, 0) is 30.3 Å². The van der Waals surface area contributed by atoms with Crippen molar-refractivity contribution >= 4 is 11.6 Å². The van der Waals surface area contributed by atoms with E-state index in [-0.39, 0.29) is 11.3 Å². The number of hydrogen-bond acceptors (Lipinski definition) is 2. The minimum absolute atomic E-state index is 0.150. The number of aromatic amines is 1. The molecule has 0 fully saturated rings. The van der Waals surface area contributed by atoms with Crippen LogP contribution in [0.4, 0.5) is 10.1 Å². The largest absolute Gasteiger partial charge is 0.398 e. The highest BCUT2D eigenvalue weighted by molar-refractivity contribution is 5.99. The van der Waals surface area contributed by atoms with Gasteiger partial charge in [0.25, 0.3) is 5.91 Å². The molecule has 0 radical (unpaired) electrons. The fraction of sp³-hybridized carbons (Fsp3) is 0.0833. The molecule has 4 N–H and O–H groups in total. The number of carbonyl (C=O) groups is 1. The molecule has 1 amide bonds. The minimum atomic E-state index is -0.482. The first-order valence-corrected chi connectivity index (χ1v) is 5.12. The van der Waals surface area contributed by atoms with E-state index in [0.717, 1.165) is 11.8 Å². The zero-order valence-electron chi connectivity index (χ0n) is 9.03. The number of nitrogens with one attached hydrogen (secondary N) is 2. The zero-order valence-corrected chi connectivity index (χ0v) is 9.03. The van der Waals surface area contributed by atoms with Gasteiger partial charge >= 0.3 is 0 Å². The average molecular weight is 233 g/mol. The molecule has 1 heterocycles. The summed E-state index contributed by atoms with van der Waals surface area (Å²) in [5.74, 6) is -0.874. The van der Waals surface area contributed by atoms with E-state index in [0.29, 0.717) is 6.54 Å². The first-order valence-electron chi connectivity index (χ1n) is 5.12. The van der Waals surface area contributed by atoms with Crippen LogP contribution in [-0.4, -0.2) is 10.9 Å². The summed E-state index contributed by atoms with van der Waals surface area (Å²) >= 11 is 0. The van der Waals surface area contributed by atoms with E-state index in [9.17, 15) is 9.18 Å². The van der Waals surface area contributed by atoms with E-state index < -0.39 is 11.7 Å². The number of anilines is 1. The average Bonchev–Trinajstić information content (AvgIpc) is 2.82. The van der Waals surface area contributed by atoms with E-state index in [4.69, 9.17) is 5.73 Å². The summed E-state index contributed by atoms with van der Waals surface area (Å²) in [5, 5.41) is 2.65. The molecule has 1 aromatic heterocycles. The minimum Gasteiger partial charge on any atom is -0.398 e. The molecule has 0 atom stereocenters. The summed E-state index contributed by atoms with van der Waals surface area (Å²) in [5.41, 5.74) is 6.88. The molecule has 0 bridgehead atoms. The lowest BCUT2D eigenvalue weighted by atomic mass is 10.1. The first kappa shape index (κ1) is 11.2. The standard InChI is InChI=1S/C12H12FN3O/c13-8-3-4-11(14)10(6-8)12(17)16-7-9-2-1-5-15-9/h1-6,15H,7,14H2,(H,16,17). The van der Waals surface area contributed by atoms with Gasteiger partial charge in [-0.25, -0.2) is 4.39 Å². The Bertz CT molecular complexity index is 523. The van der Waals surface area contributed by atoms with Crippen molar-refractivity contribution in [1.82, 2.24) is 10.3 Å². The molecule has 2 aromatic rings. The van der Waals surface area contributed by atoms with Crippen LogP contribution in [0.2, 0.25) is 0 Å². The van der Waals surface area contributed by atoms with Gasteiger partial charge < -0.3 is 16.0 Å². The summed E-state index contributed by atoms with van der Waals surface area (Å²) < 4.78 is 13.0. The van der Waals surface area contributed by atoms with Crippen molar-refractivity contribution < 1.29 is 9.18 Å². The Morgan fingerprint density at radius 1 is 1.41 bits per heavy atom. The number of nitrogen functional groups attached to an aromatic ring is 1. The number of H-pyrrole nitrogens is 1. The van der Waals surface area contributed by atoms with Crippen molar-refractivity contribution in [2.45, 2.75) is 6.54 Å². The summed E-state index contributed by atoms with van der Waals surface area (Å²) in [6.45, 7) is 0.349.